The Morgan fingerprint density at radius 3 is 2.38 bits per heavy atom. The van der Waals surface area contributed by atoms with Gasteiger partial charge in [-0.05, 0) is 79.6 Å². The quantitative estimate of drug-likeness (QED) is 0.131. The van der Waals surface area contributed by atoms with Gasteiger partial charge >= 0.3 is 0 Å². The van der Waals surface area contributed by atoms with Crippen LogP contribution >= 0.6 is 35.0 Å². The van der Waals surface area contributed by atoms with Gasteiger partial charge in [0.25, 0.3) is 5.56 Å². The molecule has 1 N–H and O–H groups in total. The second kappa shape index (κ2) is 13.0. The van der Waals surface area contributed by atoms with Crippen molar-refractivity contribution in [2.45, 2.75) is 43.9 Å². The molecule has 0 unspecified atom stereocenters. The summed E-state index contributed by atoms with van der Waals surface area (Å²) in [6, 6.07) is 21.6. The van der Waals surface area contributed by atoms with Gasteiger partial charge in [-0.25, -0.2) is 4.98 Å². The van der Waals surface area contributed by atoms with Crippen LogP contribution in [0.4, 0.5) is 0 Å². The maximum atomic E-state index is 13.5. The minimum Gasteiger partial charge on any atom is -0.352 e. The summed E-state index contributed by atoms with van der Waals surface area (Å²) in [5, 5.41) is 5.33. The SMILES string of the molecule is O=C(CSc1nc2ccccc2c(=O)n1CC1CCC(C(=O)NCc2ccccc2Cl)CC1)c1ccc(Cl)cc1. The number of para-hydroxylation sites is 1. The predicted molar refractivity (Wildman–Crippen MR) is 161 cm³/mol. The smallest absolute Gasteiger partial charge is 0.262 e. The van der Waals surface area contributed by atoms with Crippen molar-refractivity contribution in [1.82, 2.24) is 14.9 Å². The van der Waals surface area contributed by atoms with E-state index in [2.05, 4.69) is 5.32 Å². The molecule has 0 aliphatic heterocycles. The second-order valence-electron chi connectivity index (χ2n) is 10.1. The Labute approximate surface area is 247 Å². The van der Waals surface area contributed by atoms with Gasteiger partial charge in [-0.1, -0.05) is 65.3 Å². The molecule has 206 valence electrons. The lowest BCUT2D eigenvalue weighted by Gasteiger charge is -2.28. The number of halogens is 2. The first-order chi connectivity index (χ1) is 19.4. The van der Waals surface area contributed by atoms with Crippen molar-refractivity contribution in [3.05, 3.63) is 104 Å². The minimum atomic E-state index is -0.105. The number of nitrogens with one attached hydrogen (secondary N) is 1. The Kier molecular flexibility index (Phi) is 9.25. The third-order valence-electron chi connectivity index (χ3n) is 7.39. The van der Waals surface area contributed by atoms with Crippen molar-refractivity contribution < 1.29 is 9.59 Å². The molecule has 40 heavy (non-hydrogen) atoms. The summed E-state index contributed by atoms with van der Waals surface area (Å²) >= 11 is 13.5. The van der Waals surface area contributed by atoms with Crippen molar-refractivity contribution in [2.75, 3.05) is 5.75 Å². The lowest BCUT2D eigenvalue weighted by Crippen LogP contribution is -2.34. The molecule has 0 spiro atoms. The van der Waals surface area contributed by atoms with E-state index in [-0.39, 0.29) is 34.8 Å². The number of aromatic nitrogens is 2. The molecular weight excluding hydrogens is 565 g/mol. The number of carbonyl (C=O) groups excluding carboxylic acids is 2. The molecule has 5 rings (SSSR count). The molecule has 3 aromatic carbocycles. The summed E-state index contributed by atoms with van der Waals surface area (Å²) in [6.45, 7) is 0.911. The van der Waals surface area contributed by atoms with Crippen molar-refractivity contribution in [2.24, 2.45) is 11.8 Å². The molecule has 4 aromatic rings. The van der Waals surface area contributed by atoms with Crippen LogP contribution in [0, 0.1) is 11.8 Å². The highest BCUT2D eigenvalue weighted by Gasteiger charge is 2.27. The second-order valence-corrected chi connectivity index (χ2v) is 11.9. The van der Waals surface area contributed by atoms with E-state index in [0.29, 0.717) is 44.8 Å². The monoisotopic (exact) mass is 593 g/mol. The number of ketones is 1. The summed E-state index contributed by atoms with van der Waals surface area (Å²) in [5.41, 5.74) is 1.97. The first-order valence-corrected chi connectivity index (χ1v) is 15.1. The van der Waals surface area contributed by atoms with Crippen LogP contribution in [0.1, 0.15) is 41.6 Å². The third kappa shape index (κ3) is 6.77. The Balaban J connectivity index is 1.25. The van der Waals surface area contributed by atoms with E-state index in [9.17, 15) is 14.4 Å². The van der Waals surface area contributed by atoms with Crippen LogP contribution in [0.15, 0.2) is 82.7 Å². The number of thioether (sulfide) groups is 1. The summed E-state index contributed by atoms with van der Waals surface area (Å²) < 4.78 is 1.71. The first-order valence-electron chi connectivity index (χ1n) is 13.3. The van der Waals surface area contributed by atoms with Gasteiger partial charge in [-0.2, -0.15) is 0 Å². The zero-order valence-electron chi connectivity index (χ0n) is 21.8. The molecule has 1 fully saturated rings. The van der Waals surface area contributed by atoms with E-state index in [0.717, 1.165) is 31.2 Å². The molecule has 6 nitrogen and oxygen atoms in total. The molecule has 1 amide bonds. The highest BCUT2D eigenvalue weighted by atomic mass is 35.5. The maximum absolute atomic E-state index is 13.5. The van der Waals surface area contributed by atoms with Gasteiger partial charge in [-0.15, -0.1) is 0 Å². The Morgan fingerprint density at radius 2 is 1.62 bits per heavy atom. The summed E-state index contributed by atoms with van der Waals surface area (Å²) in [5.74, 6) is 0.319. The number of benzene rings is 3. The Morgan fingerprint density at radius 1 is 0.925 bits per heavy atom. The number of nitrogens with zero attached hydrogens (tertiary/aromatic N) is 2. The summed E-state index contributed by atoms with van der Waals surface area (Å²) in [4.78, 5) is 43.9. The third-order valence-corrected chi connectivity index (χ3v) is 8.99. The van der Waals surface area contributed by atoms with Crippen LogP contribution in [0.3, 0.4) is 0 Å². The Bertz CT molecular complexity index is 1580. The van der Waals surface area contributed by atoms with E-state index in [1.807, 2.05) is 42.5 Å². The Hall–Kier alpha value is -3.13. The van der Waals surface area contributed by atoms with Gasteiger partial charge in [0.1, 0.15) is 0 Å². The molecule has 0 bridgehead atoms. The van der Waals surface area contributed by atoms with Gasteiger partial charge < -0.3 is 5.32 Å². The average Bonchev–Trinajstić information content (AvgIpc) is 2.97. The van der Waals surface area contributed by atoms with Crippen LogP contribution in [0.2, 0.25) is 10.0 Å². The zero-order chi connectivity index (χ0) is 28.1. The fourth-order valence-electron chi connectivity index (χ4n) is 5.10. The number of Topliss-reactive ketones (excluding diaryl/α,β-unsaturated/α-hetero) is 1. The molecule has 0 atom stereocenters. The number of fused-ring (bicyclic) bond motifs is 1. The van der Waals surface area contributed by atoms with Crippen LogP contribution in [-0.2, 0) is 17.9 Å². The van der Waals surface area contributed by atoms with Crippen molar-refractivity contribution >= 4 is 57.6 Å². The van der Waals surface area contributed by atoms with Gasteiger partial charge in [0, 0.05) is 34.6 Å². The minimum absolute atomic E-state index is 0.0415. The van der Waals surface area contributed by atoms with Crippen molar-refractivity contribution in [1.29, 1.82) is 0 Å². The largest absolute Gasteiger partial charge is 0.352 e. The molecule has 1 aliphatic rings. The molecule has 1 aliphatic carbocycles. The predicted octanol–water partition coefficient (Wildman–Crippen LogP) is 6.80. The van der Waals surface area contributed by atoms with E-state index < -0.39 is 0 Å². The number of rotatable bonds is 9. The van der Waals surface area contributed by atoms with Gasteiger partial charge in [0.05, 0.1) is 16.7 Å². The fraction of sp³-hybridized carbons (Fsp3) is 0.290. The molecular formula is C31H29Cl2N3O3S. The zero-order valence-corrected chi connectivity index (χ0v) is 24.1. The van der Waals surface area contributed by atoms with E-state index in [1.165, 1.54) is 11.8 Å². The van der Waals surface area contributed by atoms with Gasteiger partial charge in [0.15, 0.2) is 10.9 Å². The summed E-state index contributed by atoms with van der Waals surface area (Å²) in [6.07, 6.45) is 3.17. The maximum Gasteiger partial charge on any atom is 0.262 e. The normalized spacial score (nSPS) is 17.1. The van der Waals surface area contributed by atoms with Crippen molar-refractivity contribution in [3.8, 4) is 0 Å². The standard InChI is InChI=1S/C31H29Cl2N3O3S/c32-24-15-13-21(14-16-24)28(37)19-40-31-35-27-8-4-2-6-25(27)30(39)36(31)18-20-9-11-22(12-10-20)29(38)34-17-23-5-1-3-7-26(23)33/h1-8,13-16,20,22H,9-12,17-19H2,(H,34,38). The first kappa shape index (κ1) is 28.4. The average molecular weight is 595 g/mol. The van der Waals surface area contributed by atoms with Gasteiger partial charge in [0.2, 0.25) is 5.91 Å². The highest BCUT2D eigenvalue weighted by molar-refractivity contribution is 7.99. The number of hydrogen-bond acceptors (Lipinski definition) is 5. The lowest BCUT2D eigenvalue weighted by atomic mass is 9.81. The lowest BCUT2D eigenvalue weighted by molar-refractivity contribution is -0.126. The number of carbonyl (C=O) groups is 2. The number of amides is 1. The molecule has 1 heterocycles. The highest BCUT2D eigenvalue weighted by Crippen LogP contribution is 2.31. The van der Waals surface area contributed by atoms with Crippen LogP contribution in [0.25, 0.3) is 10.9 Å². The van der Waals surface area contributed by atoms with E-state index in [1.54, 1.807) is 34.9 Å². The van der Waals surface area contributed by atoms with Crippen LogP contribution in [-0.4, -0.2) is 27.0 Å². The molecule has 0 radical (unpaired) electrons. The molecule has 1 saturated carbocycles. The summed E-state index contributed by atoms with van der Waals surface area (Å²) in [7, 11) is 0. The van der Waals surface area contributed by atoms with Gasteiger partial charge in [-0.3, -0.25) is 19.0 Å². The fourth-order valence-corrected chi connectivity index (χ4v) is 6.33. The molecule has 9 heteroatoms. The van der Waals surface area contributed by atoms with E-state index in [4.69, 9.17) is 28.2 Å². The van der Waals surface area contributed by atoms with Crippen LogP contribution < -0.4 is 10.9 Å². The van der Waals surface area contributed by atoms with Crippen molar-refractivity contribution in [3.63, 3.8) is 0 Å². The molecule has 1 aromatic heterocycles. The van der Waals surface area contributed by atoms with E-state index >= 15 is 0 Å². The molecule has 0 saturated heterocycles. The topological polar surface area (TPSA) is 81.1 Å². The van der Waals surface area contributed by atoms with Crippen LogP contribution in [0.5, 0.6) is 0 Å². The number of hydrogen-bond donors (Lipinski definition) is 1.